The van der Waals surface area contributed by atoms with Crippen LogP contribution in [0.2, 0.25) is 0 Å². The SMILES string of the molecule is O=C(O)N(c1ccccc1-c1ccc(O)cc1O)C1CCCCC1. The van der Waals surface area contributed by atoms with E-state index in [1.165, 1.54) is 17.0 Å². The first kappa shape index (κ1) is 16.2. The Bertz CT molecular complexity index is 738. The molecule has 3 N–H and O–H groups in total. The van der Waals surface area contributed by atoms with Crippen molar-refractivity contribution in [3.8, 4) is 22.6 Å². The van der Waals surface area contributed by atoms with Crippen molar-refractivity contribution in [2.75, 3.05) is 4.90 Å². The molecule has 0 unspecified atom stereocenters. The Labute approximate surface area is 140 Å². The van der Waals surface area contributed by atoms with E-state index in [1.807, 2.05) is 6.07 Å². The topological polar surface area (TPSA) is 81.0 Å². The summed E-state index contributed by atoms with van der Waals surface area (Å²) in [4.78, 5) is 13.4. The molecule has 1 fully saturated rings. The number of para-hydroxylation sites is 1. The molecule has 5 heteroatoms. The lowest BCUT2D eigenvalue weighted by Crippen LogP contribution is -2.41. The lowest BCUT2D eigenvalue weighted by molar-refractivity contribution is 0.196. The number of benzene rings is 2. The fourth-order valence-corrected chi connectivity index (χ4v) is 3.45. The Morgan fingerprint density at radius 1 is 0.958 bits per heavy atom. The molecule has 0 saturated heterocycles. The van der Waals surface area contributed by atoms with E-state index >= 15 is 0 Å². The van der Waals surface area contributed by atoms with E-state index in [2.05, 4.69) is 0 Å². The highest BCUT2D eigenvalue weighted by atomic mass is 16.4. The van der Waals surface area contributed by atoms with Gasteiger partial charge in [0.05, 0.1) is 5.69 Å². The van der Waals surface area contributed by atoms with Gasteiger partial charge in [0.1, 0.15) is 11.5 Å². The van der Waals surface area contributed by atoms with Crippen molar-refractivity contribution in [1.29, 1.82) is 0 Å². The smallest absolute Gasteiger partial charge is 0.412 e. The van der Waals surface area contributed by atoms with Crippen molar-refractivity contribution in [2.45, 2.75) is 38.1 Å². The number of aromatic hydroxyl groups is 2. The van der Waals surface area contributed by atoms with Crippen LogP contribution < -0.4 is 4.90 Å². The van der Waals surface area contributed by atoms with Crippen LogP contribution in [-0.4, -0.2) is 27.5 Å². The van der Waals surface area contributed by atoms with Crippen molar-refractivity contribution in [3.63, 3.8) is 0 Å². The average molecular weight is 327 g/mol. The Morgan fingerprint density at radius 2 is 1.67 bits per heavy atom. The predicted molar refractivity (Wildman–Crippen MR) is 92.6 cm³/mol. The minimum Gasteiger partial charge on any atom is -0.508 e. The molecule has 0 aliphatic heterocycles. The normalized spacial score (nSPS) is 15.2. The fraction of sp³-hybridized carbons (Fsp3) is 0.316. The highest BCUT2D eigenvalue weighted by Crippen LogP contribution is 2.39. The lowest BCUT2D eigenvalue weighted by atomic mass is 9.93. The zero-order valence-corrected chi connectivity index (χ0v) is 13.4. The van der Waals surface area contributed by atoms with Crippen LogP contribution in [-0.2, 0) is 0 Å². The van der Waals surface area contributed by atoms with Crippen LogP contribution in [0.5, 0.6) is 11.5 Å². The number of carbonyl (C=O) groups is 1. The largest absolute Gasteiger partial charge is 0.508 e. The molecular weight excluding hydrogens is 306 g/mol. The first-order valence-electron chi connectivity index (χ1n) is 8.21. The molecule has 24 heavy (non-hydrogen) atoms. The van der Waals surface area contributed by atoms with Gasteiger partial charge in [-0.05, 0) is 31.0 Å². The minimum atomic E-state index is -0.979. The van der Waals surface area contributed by atoms with Crippen LogP contribution >= 0.6 is 0 Å². The van der Waals surface area contributed by atoms with E-state index in [9.17, 15) is 20.1 Å². The Hall–Kier alpha value is -2.69. The standard InChI is InChI=1S/C19H21NO4/c21-14-10-11-16(18(22)12-14)15-8-4-5-9-17(15)20(19(23)24)13-6-2-1-3-7-13/h4-5,8-13,21-22H,1-3,6-7H2,(H,23,24). The van der Waals surface area contributed by atoms with E-state index < -0.39 is 6.09 Å². The maximum Gasteiger partial charge on any atom is 0.412 e. The summed E-state index contributed by atoms with van der Waals surface area (Å²) in [6.45, 7) is 0. The number of hydrogen-bond acceptors (Lipinski definition) is 3. The Kier molecular flexibility index (Phi) is 4.60. The molecule has 126 valence electrons. The molecule has 0 heterocycles. The molecule has 2 aromatic carbocycles. The molecule has 2 aromatic rings. The van der Waals surface area contributed by atoms with Crippen LogP contribution in [0.25, 0.3) is 11.1 Å². The van der Waals surface area contributed by atoms with Crippen LogP contribution in [0.3, 0.4) is 0 Å². The van der Waals surface area contributed by atoms with Crippen molar-refractivity contribution < 1.29 is 20.1 Å². The fourth-order valence-electron chi connectivity index (χ4n) is 3.45. The third kappa shape index (κ3) is 3.15. The lowest BCUT2D eigenvalue weighted by Gasteiger charge is -2.33. The first-order valence-corrected chi connectivity index (χ1v) is 8.21. The first-order chi connectivity index (χ1) is 11.6. The quantitative estimate of drug-likeness (QED) is 0.770. The van der Waals surface area contributed by atoms with E-state index in [0.717, 1.165) is 32.1 Å². The number of amides is 1. The second-order valence-corrected chi connectivity index (χ2v) is 6.16. The summed E-state index contributed by atoms with van der Waals surface area (Å²) in [6, 6.07) is 11.5. The van der Waals surface area contributed by atoms with E-state index in [-0.39, 0.29) is 17.5 Å². The van der Waals surface area contributed by atoms with Gasteiger partial charge >= 0.3 is 6.09 Å². The van der Waals surface area contributed by atoms with Gasteiger partial charge in [-0.1, -0.05) is 37.5 Å². The van der Waals surface area contributed by atoms with E-state index in [1.54, 1.807) is 24.3 Å². The summed E-state index contributed by atoms with van der Waals surface area (Å²) in [7, 11) is 0. The van der Waals surface area contributed by atoms with E-state index in [0.29, 0.717) is 16.8 Å². The number of nitrogens with zero attached hydrogens (tertiary/aromatic N) is 1. The number of hydrogen-bond donors (Lipinski definition) is 3. The molecule has 1 amide bonds. The molecule has 1 aliphatic carbocycles. The second kappa shape index (κ2) is 6.83. The zero-order chi connectivity index (χ0) is 17.1. The summed E-state index contributed by atoms with van der Waals surface area (Å²) in [5.41, 5.74) is 1.71. The summed E-state index contributed by atoms with van der Waals surface area (Å²) in [5, 5.41) is 29.5. The van der Waals surface area contributed by atoms with Gasteiger partial charge in [-0.3, -0.25) is 4.90 Å². The summed E-state index contributed by atoms with van der Waals surface area (Å²) in [6.07, 6.45) is 3.92. The second-order valence-electron chi connectivity index (χ2n) is 6.16. The molecule has 0 atom stereocenters. The summed E-state index contributed by atoms with van der Waals surface area (Å²) in [5.74, 6) is -0.104. The van der Waals surface area contributed by atoms with Gasteiger partial charge in [-0.2, -0.15) is 0 Å². The van der Waals surface area contributed by atoms with Crippen molar-refractivity contribution in [1.82, 2.24) is 0 Å². The monoisotopic (exact) mass is 327 g/mol. The molecule has 3 rings (SSSR count). The van der Waals surface area contributed by atoms with Gasteiger partial charge in [-0.25, -0.2) is 4.79 Å². The molecule has 5 nitrogen and oxygen atoms in total. The van der Waals surface area contributed by atoms with Crippen molar-refractivity contribution in [3.05, 3.63) is 42.5 Å². The Balaban J connectivity index is 2.08. The van der Waals surface area contributed by atoms with Gasteiger partial charge in [0, 0.05) is 23.2 Å². The van der Waals surface area contributed by atoms with Crippen molar-refractivity contribution >= 4 is 11.8 Å². The third-order valence-corrected chi connectivity index (χ3v) is 4.58. The number of carboxylic acid groups (broad SMARTS) is 1. The maximum absolute atomic E-state index is 11.9. The molecule has 0 aromatic heterocycles. The van der Waals surface area contributed by atoms with E-state index in [4.69, 9.17) is 0 Å². The molecule has 0 bridgehead atoms. The van der Waals surface area contributed by atoms with Gasteiger partial charge < -0.3 is 15.3 Å². The predicted octanol–water partition coefficient (Wildman–Crippen LogP) is 4.58. The molecule has 0 radical (unpaired) electrons. The number of rotatable bonds is 3. The minimum absolute atomic E-state index is 0.0314. The Morgan fingerprint density at radius 3 is 2.33 bits per heavy atom. The number of phenols is 2. The summed E-state index contributed by atoms with van der Waals surface area (Å²) < 4.78 is 0. The van der Waals surface area contributed by atoms with Crippen molar-refractivity contribution in [2.24, 2.45) is 0 Å². The van der Waals surface area contributed by atoms with Gasteiger partial charge in [0.15, 0.2) is 0 Å². The summed E-state index contributed by atoms with van der Waals surface area (Å²) >= 11 is 0. The van der Waals surface area contributed by atoms with Crippen LogP contribution in [0.15, 0.2) is 42.5 Å². The van der Waals surface area contributed by atoms with Gasteiger partial charge in [-0.15, -0.1) is 0 Å². The molecule has 1 saturated carbocycles. The molecule has 0 spiro atoms. The van der Waals surface area contributed by atoms with Gasteiger partial charge in [0.25, 0.3) is 0 Å². The molecule has 1 aliphatic rings. The average Bonchev–Trinajstić information content (AvgIpc) is 2.57. The number of phenolic OH excluding ortho intramolecular Hbond substituents is 2. The third-order valence-electron chi connectivity index (χ3n) is 4.58. The highest BCUT2D eigenvalue weighted by Gasteiger charge is 2.28. The van der Waals surface area contributed by atoms with Crippen LogP contribution in [0.4, 0.5) is 10.5 Å². The van der Waals surface area contributed by atoms with Gasteiger partial charge in [0.2, 0.25) is 0 Å². The van der Waals surface area contributed by atoms with Crippen LogP contribution in [0, 0.1) is 0 Å². The highest BCUT2D eigenvalue weighted by molar-refractivity contribution is 5.94. The number of anilines is 1. The molecular formula is C19H21NO4. The van der Waals surface area contributed by atoms with Crippen LogP contribution in [0.1, 0.15) is 32.1 Å². The zero-order valence-electron chi connectivity index (χ0n) is 13.4. The maximum atomic E-state index is 11.9.